The van der Waals surface area contributed by atoms with E-state index in [0.717, 1.165) is 20.0 Å². The van der Waals surface area contributed by atoms with E-state index in [1.807, 2.05) is 12.1 Å². The smallest absolute Gasteiger partial charge is 0.123 e. The summed E-state index contributed by atoms with van der Waals surface area (Å²) < 4.78 is 14.4. The maximum absolute atomic E-state index is 13.4. The van der Waals surface area contributed by atoms with E-state index < -0.39 is 0 Å². The lowest BCUT2D eigenvalue weighted by Crippen LogP contribution is -2.22. The first-order valence-electron chi connectivity index (χ1n) is 6.36. The van der Waals surface area contributed by atoms with Crippen molar-refractivity contribution >= 4 is 27.7 Å². The summed E-state index contributed by atoms with van der Waals surface area (Å²) in [7, 11) is 0. The van der Waals surface area contributed by atoms with Gasteiger partial charge in [0.2, 0.25) is 0 Å². The van der Waals surface area contributed by atoms with Crippen LogP contribution < -0.4 is 5.32 Å². The average Bonchev–Trinajstić information content (AvgIpc) is 2.41. The van der Waals surface area contributed by atoms with Gasteiger partial charge in [0, 0.05) is 23.7 Å². The van der Waals surface area contributed by atoms with E-state index >= 15 is 0 Å². The summed E-state index contributed by atoms with van der Waals surface area (Å²) >= 11 is 5.02. The van der Waals surface area contributed by atoms with E-state index in [1.165, 1.54) is 17.8 Å². The minimum Gasteiger partial charge on any atom is -0.310 e. The van der Waals surface area contributed by atoms with Crippen LogP contribution in [0.15, 0.2) is 50.9 Å². The van der Waals surface area contributed by atoms with Gasteiger partial charge in [0.1, 0.15) is 10.8 Å². The number of benzene rings is 1. The maximum Gasteiger partial charge on any atom is 0.123 e. The number of aromatic nitrogens is 1. The average molecular weight is 355 g/mol. The van der Waals surface area contributed by atoms with Crippen molar-refractivity contribution in [1.29, 1.82) is 0 Å². The molecule has 0 amide bonds. The lowest BCUT2D eigenvalue weighted by Gasteiger charge is -2.12. The second kappa shape index (κ2) is 7.20. The van der Waals surface area contributed by atoms with Gasteiger partial charge in [-0.25, -0.2) is 9.37 Å². The van der Waals surface area contributed by atoms with Crippen LogP contribution >= 0.6 is 27.7 Å². The molecule has 2 rings (SSSR count). The highest BCUT2D eigenvalue weighted by Gasteiger charge is 2.09. The third-order valence-corrected chi connectivity index (χ3v) is 4.69. The first-order chi connectivity index (χ1) is 9.56. The molecule has 0 atom stereocenters. The molecule has 0 saturated heterocycles. The number of pyridine rings is 1. The number of hydrogen-bond acceptors (Lipinski definition) is 3. The van der Waals surface area contributed by atoms with E-state index in [2.05, 4.69) is 40.1 Å². The molecule has 0 saturated carbocycles. The van der Waals surface area contributed by atoms with Gasteiger partial charge < -0.3 is 5.32 Å². The normalized spacial score (nSPS) is 11.1. The number of hydrogen-bond donors (Lipinski definition) is 1. The Labute approximate surface area is 131 Å². The van der Waals surface area contributed by atoms with Crippen molar-refractivity contribution in [2.75, 3.05) is 0 Å². The van der Waals surface area contributed by atoms with Gasteiger partial charge in [0.05, 0.1) is 4.47 Å². The number of halogens is 2. The minimum atomic E-state index is -0.213. The standard InChI is InChI=1S/C15H16BrFN2S/c1-10(2)19-9-11-8-12(17)5-6-14(11)20-15-13(16)4-3-7-18-15/h3-8,10,19H,9H2,1-2H3. The predicted octanol–water partition coefficient (Wildman–Crippen LogP) is 4.63. The SMILES string of the molecule is CC(C)NCc1cc(F)ccc1Sc1ncccc1Br. The van der Waals surface area contributed by atoms with Gasteiger partial charge in [-0.1, -0.05) is 25.6 Å². The molecule has 2 nitrogen and oxygen atoms in total. The Morgan fingerprint density at radius 3 is 2.85 bits per heavy atom. The van der Waals surface area contributed by atoms with Crippen LogP contribution in [-0.4, -0.2) is 11.0 Å². The molecule has 5 heteroatoms. The highest BCUT2D eigenvalue weighted by atomic mass is 79.9. The van der Waals surface area contributed by atoms with E-state index in [-0.39, 0.29) is 5.82 Å². The van der Waals surface area contributed by atoms with Gasteiger partial charge in [-0.05, 0) is 51.8 Å². The minimum absolute atomic E-state index is 0.213. The molecule has 0 aliphatic rings. The zero-order chi connectivity index (χ0) is 14.5. The van der Waals surface area contributed by atoms with Gasteiger partial charge in [-0.2, -0.15) is 0 Å². The quantitative estimate of drug-likeness (QED) is 0.846. The molecule has 0 radical (unpaired) electrons. The second-order valence-corrected chi connectivity index (χ2v) is 6.57. The van der Waals surface area contributed by atoms with Crippen molar-refractivity contribution in [2.45, 2.75) is 36.4 Å². The van der Waals surface area contributed by atoms with Gasteiger partial charge >= 0.3 is 0 Å². The molecule has 0 unspecified atom stereocenters. The fraction of sp³-hybridized carbons (Fsp3) is 0.267. The second-order valence-electron chi connectivity index (χ2n) is 4.68. The first kappa shape index (κ1) is 15.5. The molecule has 1 heterocycles. The van der Waals surface area contributed by atoms with Crippen molar-refractivity contribution in [2.24, 2.45) is 0 Å². The molecular formula is C15H16BrFN2S. The zero-order valence-electron chi connectivity index (χ0n) is 11.4. The van der Waals surface area contributed by atoms with Crippen LogP contribution in [0.4, 0.5) is 4.39 Å². The molecule has 20 heavy (non-hydrogen) atoms. The van der Waals surface area contributed by atoms with Crippen LogP contribution in [0.3, 0.4) is 0 Å². The van der Waals surface area contributed by atoms with Gasteiger partial charge in [0.25, 0.3) is 0 Å². The summed E-state index contributed by atoms with van der Waals surface area (Å²) in [5.74, 6) is -0.213. The Bertz CT molecular complexity index is 590. The highest BCUT2D eigenvalue weighted by molar-refractivity contribution is 9.10. The highest BCUT2D eigenvalue weighted by Crippen LogP contribution is 2.33. The van der Waals surface area contributed by atoms with Crippen molar-refractivity contribution in [1.82, 2.24) is 10.3 Å². The number of nitrogens with zero attached hydrogens (tertiary/aromatic N) is 1. The predicted molar refractivity (Wildman–Crippen MR) is 84.4 cm³/mol. The molecule has 0 spiro atoms. The third kappa shape index (κ3) is 4.30. The van der Waals surface area contributed by atoms with E-state index in [9.17, 15) is 4.39 Å². The molecular weight excluding hydrogens is 339 g/mol. The Morgan fingerprint density at radius 1 is 1.35 bits per heavy atom. The molecule has 106 valence electrons. The molecule has 0 aliphatic heterocycles. The molecule has 1 N–H and O–H groups in total. The Hall–Kier alpha value is -0.910. The van der Waals surface area contributed by atoms with Crippen molar-refractivity contribution in [3.8, 4) is 0 Å². The van der Waals surface area contributed by atoms with Crippen molar-refractivity contribution in [3.05, 3.63) is 52.4 Å². The van der Waals surface area contributed by atoms with E-state index in [0.29, 0.717) is 12.6 Å². The van der Waals surface area contributed by atoms with Crippen molar-refractivity contribution < 1.29 is 4.39 Å². The largest absolute Gasteiger partial charge is 0.310 e. The Kier molecular flexibility index (Phi) is 5.57. The van der Waals surface area contributed by atoms with Crippen LogP contribution in [0.2, 0.25) is 0 Å². The molecule has 0 bridgehead atoms. The van der Waals surface area contributed by atoms with Gasteiger partial charge in [-0.15, -0.1) is 0 Å². The first-order valence-corrected chi connectivity index (χ1v) is 7.97. The molecule has 2 aromatic rings. The van der Waals surface area contributed by atoms with Crippen molar-refractivity contribution in [3.63, 3.8) is 0 Å². The van der Waals surface area contributed by atoms with Crippen LogP contribution in [0.1, 0.15) is 19.4 Å². The summed E-state index contributed by atoms with van der Waals surface area (Å²) in [6, 6.07) is 9.05. The number of rotatable bonds is 5. The lowest BCUT2D eigenvalue weighted by atomic mass is 10.2. The van der Waals surface area contributed by atoms with Crippen LogP contribution in [0, 0.1) is 5.82 Å². The summed E-state index contributed by atoms with van der Waals surface area (Å²) in [5.41, 5.74) is 0.946. The lowest BCUT2D eigenvalue weighted by molar-refractivity contribution is 0.576. The van der Waals surface area contributed by atoms with Crippen LogP contribution in [-0.2, 0) is 6.54 Å². The molecule has 1 aromatic carbocycles. The summed E-state index contributed by atoms with van der Waals surface area (Å²) in [6.45, 7) is 4.78. The van der Waals surface area contributed by atoms with Crippen LogP contribution in [0.25, 0.3) is 0 Å². The molecule has 0 aliphatic carbocycles. The Balaban J connectivity index is 2.24. The maximum atomic E-state index is 13.4. The fourth-order valence-electron chi connectivity index (χ4n) is 1.65. The molecule has 0 fully saturated rings. The summed E-state index contributed by atoms with van der Waals surface area (Å²) in [4.78, 5) is 5.35. The topological polar surface area (TPSA) is 24.9 Å². The van der Waals surface area contributed by atoms with E-state index in [4.69, 9.17) is 0 Å². The van der Waals surface area contributed by atoms with Gasteiger partial charge in [0.15, 0.2) is 0 Å². The zero-order valence-corrected chi connectivity index (χ0v) is 13.8. The summed E-state index contributed by atoms with van der Waals surface area (Å²) in [6.07, 6.45) is 1.75. The summed E-state index contributed by atoms with van der Waals surface area (Å²) in [5, 5.41) is 4.20. The van der Waals surface area contributed by atoms with Crippen LogP contribution in [0.5, 0.6) is 0 Å². The molecule has 1 aromatic heterocycles. The third-order valence-electron chi connectivity index (χ3n) is 2.65. The van der Waals surface area contributed by atoms with E-state index in [1.54, 1.807) is 18.3 Å². The number of nitrogens with one attached hydrogen (secondary N) is 1. The fourth-order valence-corrected chi connectivity index (χ4v) is 3.03. The van der Waals surface area contributed by atoms with Gasteiger partial charge in [-0.3, -0.25) is 0 Å². The Morgan fingerprint density at radius 2 is 2.15 bits per heavy atom. The monoisotopic (exact) mass is 354 g/mol.